The van der Waals surface area contributed by atoms with Crippen molar-refractivity contribution in [1.29, 1.82) is 0 Å². The zero-order chi connectivity index (χ0) is 31.2. The van der Waals surface area contributed by atoms with Gasteiger partial charge >= 0.3 is 6.18 Å². The third kappa shape index (κ3) is 8.19. The van der Waals surface area contributed by atoms with Gasteiger partial charge in [-0.25, -0.2) is 18.4 Å². The molecule has 0 unspecified atom stereocenters. The number of pyridine rings is 1. The molecular weight excluding hydrogens is 587 g/mol. The van der Waals surface area contributed by atoms with Crippen LogP contribution in [-0.4, -0.2) is 42.6 Å². The van der Waals surface area contributed by atoms with Crippen LogP contribution in [0.4, 0.5) is 42.1 Å². The largest absolute Gasteiger partial charge is 0.457 e. The first kappa shape index (κ1) is 30.8. The SMILES string of the molecule is C=CC(=O)Nc1cccc(Oc2ccc(Nc3ncc(C(F)(F)F)c(NCc4cccnc4N(C)S(C)(=O)=O)n3)cc2)c1. The van der Waals surface area contributed by atoms with E-state index in [4.69, 9.17) is 4.74 Å². The lowest BCUT2D eigenvalue weighted by Gasteiger charge is -2.20. The number of ether oxygens (including phenoxy) is 1. The van der Waals surface area contributed by atoms with Crippen molar-refractivity contribution in [2.45, 2.75) is 12.7 Å². The lowest BCUT2D eigenvalue weighted by atomic mass is 10.2. The minimum Gasteiger partial charge on any atom is -0.457 e. The van der Waals surface area contributed by atoms with E-state index in [1.54, 1.807) is 60.7 Å². The summed E-state index contributed by atoms with van der Waals surface area (Å²) in [5.74, 6) is -0.00450. The van der Waals surface area contributed by atoms with Crippen LogP contribution in [0.15, 0.2) is 85.7 Å². The molecule has 11 nitrogen and oxygen atoms in total. The van der Waals surface area contributed by atoms with Gasteiger partial charge in [0.1, 0.15) is 28.7 Å². The summed E-state index contributed by atoms with van der Waals surface area (Å²) in [6, 6.07) is 16.3. The van der Waals surface area contributed by atoms with Crippen molar-refractivity contribution in [3.8, 4) is 11.5 Å². The first-order valence-corrected chi connectivity index (χ1v) is 14.3. The molecule has 3 N–H and O–H groups in total. The standard InChI is InChI=1S/C28H26F3N7O4S/c1-4-24(39)35-20-8-5-9-22(15-20)42-21-12-10-19(11-13-21)36-27-34-17-23(28(29,30)31)25(37-27)33-16-18-7-6-14-32-26(18)38(2)43(3,40)41/h4-15,17H,1,16H2,2-3H3,(H,35,39)(H2,33,34,36,37). The van der Waals surface area contributed by atoms with Crippen molar-refractivity contribution >= 4 is 44.9 Å². The third-order valence-corrected chi connectivity index (χ3v) is 7.00. The maximum Gasteiger partial charge on any atom is 0.421 e. The van der Waals surface area contributed by atoms with Gasteiger partial charge in [-0.05, 0) is 48.5 Å². The fourth-order valence-electron chi connectivity index (χ4n) is 3.67. The second kappa shape index (κ2) is 12.8. The van der Waals surface area contributed by atoms with Gasteiger partial charge in [-0.15, -0.1) is 0 Å². The smallest absolute Gasteiger partial charge is 0.421 e. The first-order valence-electron chi connectivity index (χ1n) is 12.5. The number of nitrogens with zero attached hydrogens (tertiary/aromatic N) is 4. The summed E-state index contributed by atoms with van der Waals surface area (Å²) in [4.78, 5) is 23.4. The fourth-order valence-corrected chi connectivity index (χ4v) is 4.15. The minimum atomic E-state index is -4.76. The molecule has 0 aliphatic rings. The Balaban J connectivity index is 1.50. The molecule has 4 aromatic rings. The lowest BCUT2D eigenvalue weighted by Crippen LogP contribution is -2.27. The quantitative estimate of drug-likeness (QED) is 0.186. The van der Waals surface area contributed by atoms with Gasteiger partial charge < -0.3 is 20.7 Å². The van der Waals surface area contributed by atoms with Crippen LogP contribution >= 0.6 is 0 Å². The molecule has 43 heavy (non-hydrogen) atoms. The van der Waals surface area contributed by atoms with Crippen LogP contribution in [0.1, 0.15) is 11.1 Å². The summed E-state index contributed by atoms with van der Waals surface area (Å²) in [5, 5.41) is 8.14. The second-order valence-electron chi connectivity index (χ2n) is 9.00. The number of hydrogen-bond donors (Lipinski definition) is 3. The maximum absolute atomic E-state index is 13.7. The minimum absolute atomic E-state index is 0.0639. The molecule has 0 fully saturated rings. The summed E-state index contributed by atoms with van der Waals surface area (Å²) in [6.45, 7) is 3.21. The van der Waals surface area contributed by atoms with Gasteiger partial charge in [0.25, 0.3) is 0 Å². The first-order chi connectivity index (χ1) is 20.3. The number of benzene rings is 2. The predicted molar refractivity (Wildman–Crippen MR) is 157 cm³/mol. The molecule has 0 radical (unpaired) electrons. The summed E-state index contributed by atoms with van der Waals surface area (Å²) < 4.78 is 72.0. The monoisotopic (exact) mass is 613 g/mol. The number of halogens is 3. The summed E-state index contributed by atoms with van der Waals surface area (Å²) in [7, 11) is -2.36. The molecule has 224 valence electrons. The van der Waals surface area contributed by atoms with Crippen LogP contribution < -0.4 is 25.0 Å². The van der Waals surface area contributed by atoms with Crippen LogP contribution in [0.5, 0.6) is 11.5 Å². The van der Waals surface area contributed by atoms with Gasteiger partial charge in [-0.2, -0.15) is 18.2 Å². The topological polar surface area (TPSA) is 138 Å². The Hall–Kier alpha value is -5.18. The van der Waals surface area contributed by atoms with Gasteiger partial charge in [0.2, 0.25) is 21.9 Å². The molecule has 0 atom stereocenters. The lowest BCUT2D eigenvalue weighted by molar-refractivity contribution is -0.137. The van der Waals surface area contributed by atoms with E-state index in [2.05, 4.69) is 37.5 Å². The molecule has 2 aromatic carbocycles. The molecule has 0 aliphatic heterocycles. The average molecular weight is 614 g/mol. The number of anilines is 5. The number of nitrogens with one attached hydrogen (secondary N) is 3. The van der Waals surface area contributed by atoms with Crippen molar-refractivity contribution < 1.29 is 31.1 Å². The highest BCUT2D eigenvalue weighted by atomic mass is 32.2. The Bertz CT molecular complexity index is 1730. The number of alkyl halides is 3. The molecule has 0 saturated carbocycles. The fraction of sp³-hybridized carbons (Fsp3) is 0.143. The Morgan fingerprint density at radius 2 is 1.79 bits per heavy atom. The van der Waals surface area contributed by atoms with Crippen molar-refractivity contribution in [2.24, 2.45) is 0 Å². The van der Waals surface area contributed by atoms with Crippen LogP contribution in [0, 0.1) is 0 Å². The zero-order valence-corrected chi connectivity index (χ0v) is 23.7. The van der Waals surface area contributed by atoms with Crippen molar-refractivity contribution in [3.63, 3.8) is 0 Å². The normalized spacial score (nSPS) is 11.4. The van der Waals surface area contributed by atoms with Gasteiger partial charge in [0, 0.05) is 49.0 Å². The van der Waals surface area contributed by atoms with Gasteiger partial charge in [-0.3, -0.25) is 9.10 Å². The molecule has 0 spiro atoms. The molecule has 2 aromatic heterocycles. The number of amides is 1. The molecule has 0 bridgehead atoms. The Morgan fingerprint density at radius 3 is 2.47 bits per heavy atom. The van der Waals surface area contributed by atoms with E-state index in [9.17, 15) is 26.4 Å². The van der Waals surface area contributed by atoms with Crippen molar-refractivity contribution in [2.75, 3.05) is 33.6 Å². The zero-order valence-electron chi connectivity index (χ0n) is 22.9. The summed E-state index contributed by atoms with van der Waals surface area (Å²) in [6.07, 6.45) is -0.583. The number of aromatic nitrogens is 3. The summed E-state index contributed by atoms with van der Waals surface area (Å²) >= 11 is 0. The second-order valence-corrected chi connectivity index (χ2v) is 11.0. The van der Waals surface area contributed by atoms with Crippen molar-refractivity contribution in [1.82, 2.24) is 15.0 Å². The highest BCUT2D eigenvalue weighted by Gasteiger charge is 2.35. The van der Waals surface area contributed by atoms with Crippen molar-refractivity contribution in [3.05, 3.63) is 96.8 Å². The highest BCUT2D eigenvalue weighted by molar-refractivity contribution is 7.92. The molecule has 4 rings (SSSR count). The average Bonchev–Trinajstić information content (AvgIpc) is 2.96. The van der Waals surface area contributed by atoms with Gasteiger partial charge in [0.15, 0.2) is 0 Å². The number of carbonyl (C=O) groups excluding carboxylic acids is 1. The van der Waals surface area contributed by atoms with E-state index >= 15 is 0 Å². The number of rotatable bonds is 11. The Morgan fingerprint density at radius 1 is 1.05 bits per heavy atom. The van der Waals surface area contributed by atoms with E-state index in [-0.39, 0.29) is 24.2 Å². The molecule has 1 amide bonds. The number of hydrogen-bond acceptors (Lipinski definition) is 9. The van der Waals surface area contributed by atoms with Crippen LogP contribution in [0.25, 0.3) is 0 Å². The van der Waals surface area contributed by atoms with Crippen LogP contribution in [0.3, 0.4) is 0 Å². The molecular formula is C28H26F3N7O4S. The maximum atomic E-state index is 13.7. The molecule has 0 saturated heterocycles. The summed E-state index contributed by atoms with van der Waals surface area (Å²) in [5.41, 5.74) is 0.220. The number of sulfonamides is 1. The van der Waals surface area contributed by atoms with E-state index in [1.807, 2.05) is 0 Å². The van der Waals surface area contributed by atoms with E-state index < -0.39 is 27.6 Å². The predicted octanol–water partition coefficient (Wildman–Crippen LogP) is 5.56. The highest BCUT2D eigenvalue weighted by Crippen LogP contribution is 2.35. The Labute approximate surface area is 245 Å². The molecule has 0 aliphatic carbocycles. The third-order valence-electron chi connectivity index (χ3n) is 5.84. The van der Waals surface area contributed by atoms with E-state index in [0.29, 0.717) is 34.6 Å². The van der Waals surface area contributed by atoms with Crippen LogP contribution in [-0.2, 0) is 27.5 Å². The molecule has 15 heteroatoms. The van der Waals surface area contributed by atoms with E-state index in [1.165, 1.54) is 13.2 Å². The van der Waals surface area contributed by atoms with E-state index in [0.717, 1.165) is 16.6 Å². The molecule has 2 heterocycles. The van der Waals surface area contributed by atoms with Gasteiger partial charge in [-0.1, -0.05) is 18.7 Å². The van der Waals surface area contributed by atoms with Crippen LogP contribution in [0.2, 0.25) is 0 Å². The number of carbonyl (C=O) groups is 1. The Kier molecular flexibility index (Phi) is 9.14. The van der Waals surface area contributed by atoms with Gasteiger partial charge in [0.05, 0.1) is 6.26 Å².